The third-order valence-electron chi connectivity index (χ3n) is 5.92. The van der Waals surface area contributed by atoms with E-state index in [1.807, 2.05) is 0 Å². The van der Waals surface area contributed by atoms with Gasteiger partial charge in [0.1, 0.15) is 17.3 Å². The van der Waals surface area contributed by atoms with Gasteiger partial charge in [0, 0.05) is 24.1 Å². The standard InChI is InChI=1S/C28H25ClN2O7/c1-15(2)38-28(35)17-5-7-18(8-6-17)31-24(16-9-11-30-12-10-16)23(26(33)27(31)34)25(32)19-13-20(29)22(37-4)14-21(19)36-3/h5-15,24,32H,1-4H3/b25-23+. The highest BCUT2D eigenvalue weighted by Crippen LogP contribution is 2.44. The Balaban J connectivity index is 1.88. The van der Waals surface area contributed by atoms with Crippen molar-refractivity contribution in [2.45, 2.75) is 26.0 Å². The van der Waals surface area contributed by atoms with Gasteiger partial charge in [-0.3, -0.25) is 19.5 Å². The number of esters is 1. The van der Waals surface area contributed by atoms with Crippen molar-refractivity contribution in [1.29, 1.82) is 0 Å². The lowest BCUT2D eigenvalue weighted by atomic mass is 9.95. The fourth-order valence-electron chi connectivity index (χ4n) is 4.19. The van der Waals surface area contributed by atoms with Crippen LogP contribution in [0.3, 0.4) is 0 Å². The van der Waals surface area contributed by atoms with Crippen molar-refractivity contribution in [2.24, 2.45) is 0 Å². The molecule has 0 bridgehead atoms. The van der Waals surface area contributed by atoms with E-state index in [4.69, 9.17) is 25.8 Å². The zero-order valence-electron chi connectivity index (χ0n) is 21.1. The number of hydrogen-bond acceptors (Lipinski definition) is 8. The molecule has 0 radical (unpaired) electrons. The number of ether oxygens (including phenoxy) is 3. The Bertz CT molecular complexity index is 1420. The minimum atomic E-state index is -1.00. The molecular weight excluding hydrogens is 512 g/mol. The van der Waals surface area contributed by atoms with Gasteiger partial charge in [-0.25, -0.2) is 4.79 Å². The van der Waals surface area contributed by atoms with Crippen LogP contribution in [0.4, 0.5) is 5.69 Å². The van der Waals surface area contributed by atoms with Crippen molar-refractivity contribution in [3.05, 3.63) is 88.2 Å². The van der Waals surface area contributed by atoms with Crippen LogP contribution in [0.2, 0.25) is 5.02 Å². The van der Waals surface area contributed by atoms with Crippen molar-refractivity contribution < 1.29 is 33.7 Å². The van der Waals surface area contributed by atoms with Crippen molar-refractivity contribution in [3.8, 4) is 11.5 Å². The topological polar surface area (TPSA) is 115 Å². The minimum absolute atomic E-state index is 0.113. The number of methoxy groups -OCH3 is 2. The number of rotatable bonds is 7. The summed E-state index contributed by atoms with van der Waals surface area (Å²) < 4.78 is 15.8. The molecule has 1 aromatic heterocycles. The van der Waals surface area contributed by atoms with Gasteiger partial charge in [-0.1, -0.05) is 11.6 Å². The van der Waals surface area contributed by atoms with Gasteiger partial charge < -0.3 is 19.3 Å². The monoisotopic (exact) mass is 536 g/mol. The van der Waals surface area contributed by atoms with Gasteiger partial charge in [-0.05, 0) is 61.9 Å². The van der Waals surface area contributed by atoms with Crippen molar-refractivity contribution in [3.63, 3.8) is 0 Å². The predicted octanol–water partition coefficient (Wildman–Crippen LogP) is 4.94. The highest BCUT2D eigenvalue weighted by atomic mass is 35.5. The fraction of sp³-hybridized carbons (Fsp3) is 0.214. The number of aromatic nitrogens is 1. The number of halogens is 1. The van der Waals surface area contributed by atoms with E-state index in [-0.39, 0.29) is 33.6 Å². The normalized spacial score (nSPS) is 16.6. The second kappa shape index (κ2) is 10.9. The van der Waals surface area contributed by atoms with Crippen LogP contribution in [0.25, 0.3) is 5.76 Å². The maximum absolute atomic E-state index is 13.4. The maximum atomic E-state index is 13.4. The van der Waals surface area contributed by atoms with Gasteiger partial charge in [0.25, 0.3) is 11.7 Å². The average Bonchev–Trinajstić information content (AvgIpc) is 3.18. The van der Waals surface area contributed by atoms with E-state index >= 15 is 0 Å². The summed E-state index contributed by atoms with van der Waals surface area (Å²) in [6, 6.07) is 11.3. The molecule has 1 saturated heterocycles. The lowest BCUT2D eigenvalue weighted by Gasteiger charge is -2.25. The fourth-order valence-corrected chi connectivity index (χ4v) is 4.43. The lowest BCUT2D eigenvalue weighted by Crippen LogP contribution is -2.29. The van der Waals surface area contributed by atoms with E-state index in [2.05, 4.69) is 4.98 Å². The van der Waals surface area contributed by atoms with Gasteiger partial charge in [0.05, 0.1) is 48.1 Å². The van der Waals surface area contributed by atoms with Gasteiger partial charge in [-0.2, -0.15) is 0 Å². The number of hydrogen-bond donors (Lipinski definition) is 1. The molecular formula is C28H25ClN2O7. The second-order valence-corrected chi connectivity index (χ2v) is 9.04. The van der Waals surface area contributed by atoms with Crippen molar-refractivity contribution in [1.82, 2.24) is 4.98 Å². The molecule has 1 unspecified atom stereocenters. The first-order valence-electron chi connectivity index (χ1n) is 11.6. The molecule has 1 amide bonds. The summed E-state index contributed by atoms with van der Waals surface area (Å²) in [7, 11) is 2.83. The molecule has 2 aromatic carbocycles. The van der Waals surface area contributed by atoms with E-state index in [0.29, 0.717) is 17.0 Å². The first-order valence-corrected chi connectivity index (χ1v) is 12.0. The van der Waals surface area contributed by atoms with Crippen molar-refractivity contribution in [2.75, 3.05) is 19.1 Å². The molecule has 1 aliphatic rings. The van der Waals surface area contributed by atoms with Gasteiger partial charge in [0.15, 0.2) is 0 Å². The van der Waals surface area contributed by atoms with Crippen LogP contribution < -0.4 is 14.4 Å². The van der Waals surface area contributed by atoms with Gasteiger partial charge in [-0.15, -0.1) is 0 Å². The summed E-state index contributed by atoms with van der Waals surface area (Å²) in [6.45, 7) is 3.48. The van der Waals surface area contributed by atoms with E-state index in [9.17, 15) is 19.5 Å². The third-order valence-corrected chi connectivity index (χ3v) is 6.21. The molecule has 1 atom stereocenters. The van der Waals surface area contributed by atoms with Crippen LogP contribution in [0.1, 0.15) is 41.4 Å². The molecule has 2 heterocycles. The Kier molecular flexibility index (Phi) is 7.68. The number of amides is 1. The van der Waals surface area contributed by atoms with Crippen LogP contribution in [-0.2, 0) is 14.3 Å². The molecule has 1 N–H and O–H groups in total. The number of aliphatic hydroxyl groups is 1. The second-order valence-electron chi connectivity index (χ2n) is 8.64. The van der Waals surface area contributed by atoms with E-state index in [1.54, 1.807) is 38.1 Å². The Morgan fingerprint density at radius 3 is 2.21 bits per heavy atom. The molecule has 1 fully saturated rings. The lowest BCUT2D eigenvalue weighted by molar-refractivity contribution is -0.132. The van der Waals surface area contributed by atoms with Gasteiger partial charge >= 0.3 is 5.97 Å². The number of carbonyl (C=O) groups excluding carboxylic acids is 3. The highest BCUT2D eigenvalue weighted by Gasteiger charge is 2.47. The molecule has 38 heavy (non-hydrogen) atoms. The van der Waals surface area contributed by atoms with Crippen LogP contribution in [0.5, 0.6) is 11.5 Å². The zero-order valence-corrected chi connectivity index (χ0v) is 21.9. The molecule has 4 rings (SSSR count). The van der Waals surface area contributed by atoms with E-state index in [0.717, 1.165) is 0 Å². The van der Waals surface area contributed by atoms with E-state index in [1.165, 1.54) is 55.8 Å². The molecule has 9 nitrogen and oxygen atoms in total. The third kappa shape index (κ3) is 4.92. The first kappa shape index (κ1) is 26.7. The van der Waals surface area contributed by atoms with Crippen LogP contribution >= 0.6 is 11.6 Å². The Morgan fingerprint density at radius 1 is 1.00 bits per heavy atom. The van der Waals surface area contributed by atoms with Crippen LogP contribution in [0, 0.1) is 0 Å². The van der Waals surface area contributed by atoms with Crippen LogP contribution in [0.15, 0.2) is 66.5 Å². The molecule has 0 spiro atoms. The number of ketones is 1. The molecule has 196 valence electrons. The molecule has 0 aliphatic carbocycles. The summed E-state index contributed by atoms with van der Waals surface area (Å²) in [6.07, 6.45) is 2.74. The maximum Gasteiger partial charge on any atom is 0.338 e. The largest absolute Gasteiger partial charge is 0.507 e. The molecule has 3 aromatic rings. The Hall–Kier alpha value is -4.37. The Morgan fingerprint density at radius 2 is 1.63 bits per heavy atom. The highest BCUT2D eigenvalue weighted by molar-refractivity contribution is 6.51. The van der Waals surface area contributed by atoms with E-state index < -0.39 is 29.5 Å². The summed E-state index contributed by atoms with van der Waals surface area (Å²) in [5.41, 5.74) is 1.11. The molecule has 0 saturated carbocycles. The van der Waals surface area contributed by atoms with Gasteiger partial charge in [0.2, 0.25) is 0 Å². The predicted molar refractivity (Wildman–Crippen MR) is 141 cm³/mol. The molecule has 1 aliphatic heterocycles. The summed E-state index contributed by atoms with van der Waals surface area (Å²) in [5, 5.41) is 11.6. The quantitative estimate of drug-likeness (QED) is 0.195. The zero-order chi connectivity index (χ0) is 27.6. The number of nitrogens with zero attached hydrogens (tertiary/aromatic N) is 2. The smallest absolute Gasteiger partial charge is 0.338 e. The minimum Gasteiger partial charge on any atom is -0.507 e. The summed E-state index contributed by atoms with van der Waals surface area (Å²) in [5.74, 6) is -2.24. The number of carbonyl (C=O) groups is 3. The number of aliphatic hydroxyl groups excluding tert-OH is 1. The Labute approximate surface area is 224 Å². The van der Waals surface area contributed by atoms with Crippen molar-refractivity contribution >= 4 is 40.7 Å². The van der Waals surface area contributed by atoms with Crippen LogP contribution in [-0.4, -0.2) is 48.1 Å². The first-order chi connectivity index (χ1) is 18.2. The number of Topliss-reactive ketones (excluding diaryl/α,β-unsaturated/α-hetero) is 1. The number of pyridine rings is 1. The molecule has 10 heteroatoms. The SMILES string of the molecule is COc1cc(OC)c(/C(O)=C2\C(=O)C(=O)N(c3ccc(C(=O)OC(C)C)cc3)C2c2ccncc2)cc1Cl. The summed E-state index contributed by atoms with van der Waals surface area (Å²) >= 11 is 6.30. The number of anilines is 1. The number of benzene rings is 2. The average molecular weight is 537 g/mol. The summed E-state index contributed by atoms with van der Waals surface area (Å²) in [4.78, 5) is 44.3.